The molecule has 5 heteroatoms. The average molecular weight is 264 g/mol. The topological polar surface area (TPSA) is 49.8 Å². The van der Waals surface area contributed by atoms with Crippen molar-refractivity contribution < 1.29 is 0 Å². The van der Waals surface area contributed by atoms with Crippen molar-refractivity contribution in [2.45, 2.75) is 33.7 Å². The average Bonchev–Trinajstić information content (AvgIpc) is 2.69. The fourth-order valence-corrected chi connectivity index (χ4v) is 2.53. The molecule has 2 aromatic rings. The van der Waals surface area contributed by atoms with Crippen molar-refractivity contribution in [3.05, 3.63) is 10.9 Å². The maximum absolute atomic E-state index is 4.53. The minimum absolute atomic E-state index is 0.382. The molecule has 98 valence electrons. The van der Waals surface area contributed by atoms with Crippen LogP contribution in [0.2, 0.25) is 0 Å². The van der Waals surface area contributed by atoms with Crippen molar-refractivity contribution in [1.29, 1.82) is 0 Å². The van der Waals surface area contributed by atoms with Crippen LogP contribution in [-0.2, 0) is 0 Å². The SMILES string of the molecule is CNc1nc(NC(C)C(C)C)c2cc(C)sc2n1. The zero-order chi connectivity index (χ0) is 13.3. The van der Waals surface area contributed by atoms with Crippen molar-refractivity contribution in [3.63, 3.8) is 0 Å². The zero-order valence-corrected chi connectivity index (χ0v) is 12.4. The van der Waals surface area contributed by atoms with Crippen molar-refractivity contribution in [1.82, 2.24) is 9.97 Å². The summed E-state index contributed by atoms with van der Waals surface area (Å²) in [6.07, 6.45) is 0. The van der Waals surface area contributed by atoms with Gasteiger partial charge >= 0.3 is 0 Å². The zero-order valence-electron chi connectivity index (χ0n) is 11.5. The first-order valence-corrected chi connectivity index (χ1v) is 7.05. The third kappa shape index (κ3) is 2.56. The lowest BCUT2D eigenvalue weighted by Gasteiger charge is -2.18. The number of hydrogen-bond acceptors (Lipinski definition) is 5. The maximum Gasteiger partial charge on any atom is 0.225 e. The number of thiophene rings is 1. The van der Waals surface area contributed by atoms with Crippen LogP contribution in [0, 0.1) is 12.8 Å². The Morgan fingerprint density at radius 3 is 2.56 bits per heavy atom. The molecule has 18 heavy (non-hydrogen) atoms. The standard InChI is InChI=1S/C13H20N4S/c1-7(2)9(4)15-11-10-6-8(3)18-12(10)17-13(14-5)16-11/h6-7,9H,1-5H3,(H2,14,15,16,17). The van der Waals surface area contributed by atoms with Gasteiger partial charge < -0.3 is 10.6 Å². The Hall–Kier alpha value is -1.36. The van der Waals surface area contributed by atoms with Gasteiger partial charge in [-0.1, -0.05) is 13.8 Å². The highest BCUT2D eigenvalue weighted by atomic mass is 32.1. The van der Waals surface area contributed by atoms with Gasteiger partial charge in [-0.15, -0.1) is 11.3 Å². The highest BCUT2D eigenvalue weighted by Crippen LogP contribution is 2.30. The van der Waals surface area contributed by atoms with Crippen LogP contribution >= 0.6 is 11.3 Å². The van der Waals surface area contributed by atoms with Crippen LogP contribution in [0.15, 0.2) is 6.07 Å². The van der Waals surface area contributed by atoms with Gasteiger partial charge in [0.2, 0.25) is 5.95 Å². The summed E-state index contributed by atoms with van der Waals surface area (Å²) in [6.45, 7) is 8.68. The molecule has 0 saturated heterocycles. The molecule has 1 unspecified atom stereocenters. The van der Waals surface area contributed by atoms with E-state index < -0.39 is 0 Å². The molecule has 2 rings (SSSR count). The number of hydrogen-bond donors (Lipinski definition) is 2. The van der Waals surface area contributed by atoms with Gasteiger partial charge in [0.15, 0.2) is 0 Å². The number of rotatable bonds is 4. The highest BCUT2D eigenvalue weighted by molar-refractivity contribution is 7.18. The molecule has 0 aromatic carbocycles. The maximum atomic E-state index is 4.53. The molecule has 0 bridgehead atoms. The summed E-state index contributed by atoms with van der Waals surface area (Å²) in [5, 5.41) is 7.62. The van der Waals surface area contributed by atoms with Gasteiger partial charge in [0.25, 0.3) is 0 Å². The van der Waals surface area contributed by atoms with E-state index in [9.17, 15) is 0 Å². The van der Waals surface area contributed by atoms with Crippen LogP contribution in [0.25, 0.3) is 10.2 Å². The predicted molar refractivity (Wildman–Crippen MR) is 79.6 cm³/mol. The summed E-state index contributed by atoms with van der Waals surface area (Å²) in [6, 6.07) is 2.53. The third-order valence-electron chi connectivity index (χ3n) is 3.10. The number of aryl methyl sites for hydroxylation is 1. The summed E-state index contributed by atoms with van der Waals surface area (Å²) in [4.78, 5) is 11.3. The molecule has 4 nitrogen and oxygen atoms in total. The molecule has 2 aromatic heterocycles. The molecule has 0 aliphatic rings. The summed E-state index contributed by atoms with van der Waals surface area (Å²) >= 11 is 1.70. The number of nitrogens with zero attached hydrogens (tertiary/aromatic N) is 2. The molecular formula is C13H20N4S. The lowest BCUT2D eigenvalue weighted by atomic mass is 10.1. The third-order valence-corrected chi connectivity index (χ3v) is 4.05. The Labute approximate surface area is 112 Å². The molecule has 0 radical (unpaired) electrons. The second-order valence-corrected chi connectivity index (χ2v) is 6.13. The monoisotopic (exact) mass is 264 g/mol. The Kier molecular flexibility index (Phi) is 3.71. The minimum Gasteiger partial charge on any atom is -0.367 e. The first-order valence-electron chi connectivity index (χ1n) is 6.23. The van der Waals surface area contributed by atoms with Gasteiger partial charge in [0.05, 0.1) is 5.39 Å². The van der Waals surface area contributed by atoms with Crippen LogP contribution in [0.3, 0.4) is 0 Å². The van der Waals surface area contributed by atoms with E-state index in [1.54, 1.807) is 11.3 Å². The van der Waals surface area contributed by atoms with Gasteiger partial charge in [-0.2, -0.15) is 4.98 Å². The second kappa shape index (κ2) is 5.10. The first kappa shape index (κ1) is 13.1. The molecular weight excluding hydrogens is 244 g/mol. The van der Waals surface area contributed by atoms with Crippen molar-refractivity contribution in [2.75, 3.05) is 17.7 Å². The van der Waals surface area contributed by atoms with Crippen molar-refractivity contribution >= 4 is 33.3 Å². The molecule has 2 heterocycles. The van der Waals surface area contributed by atoms with E-state index >= 15 is 0 Å². The number of anilines is 2. The molecule has 0 aliphatic carbocycles. The summed E-state index contributed by atoms with van der Waals surface area (Å²) < 4.78 is 0. The number of fused-ring (bicyclic) bond motifs is 1. The van der Waals surface area contributed by atoms with Crippen LogP contribution in [0.1, 0.15) is 25.6 Å². The molecule has 0 amide bonds. The fraction of sp³-hybridized carbons (Fsp3) is 0.538. The minimum atomic E-state index is 0.382. The fourth-order valence-electron chi connectivity index (χ4n) is 1.65. The molecule has 0 aliphatic heterocycles. The Balaban J connectivity index is 2.46. The lowest BCUT2D eigenvalue weighted by molar-refractivity contribution is 0.559. The Bertz CT molecular complexity index is 547. The van der Waals surface area contributed by atoms with Crippen LogP contribution in [0.5, 0.6) is 0 Å². The largest absolute Gasteiger partial charge is 0.367 e. The van der Waals surface area contributed by atoms with E-state index in [4.69, 9.17) is 0 Å². The van der Waals surface area contributed by atoms with Gasteiger partial charge in [0.1, 0.15) is 10.6 Å². The van der Waals surface area contributed by atoms with E-state index in [-0.39, 0.29) is 0 Å². The van der Waals surface area contributed by atoms with Gasteiger partial charge in [-0.3, -0.25) is 0 Å². The number of nitrogens with one attached hydrogen (secondary N) is 2. The second-order valence-electron chi connectivity index (χ2n) is 4.90. The van der Waals surface area contributed by atoms with Gasteiger partial charge in [-0.05, 0) is 25.8 Å². The summed E-state index contributed by atoms with van der Waals surface area (Å²) in [5.74, 6) is 2.16. The summed E-state index contributed by atoms with van der Waals surface area (Å²) in [7, 11) is 1.84. The van der Waals surface area contributed by atoms with E-state index in [1.165, 1.54) is 4.88 Å². The molecule has 0 saturated carbocycles. The Morgan fingerprint density at radius 2 is 1.94 bits per heavy atom. The Morgan fingerprint density at radius 1 is 1.22 bits per heavy atom. The van der Waals surface area contributed by atoms with E-state index in [0.29, 0.717) is 17.9 Å². The van der Waals surface area contributed by atoms with Gasteiger partial charge in [-0.25, -0.2) is 4.98 Å². The molecule has 0 fully saturated rings. The quantitative estimate of drug-likeness (QED) is 0.887. The molecule has 2 N–H and O–H groups in total. The van der Waals surface area contributed by atoms with Crippen LogP contribution in [-0.4, -0.2) is 23.1 Å². The lowest BCUT2D eigenvalue weighted by Crippen LogP contribution is -2.22. The first-order chi connectivity index (χ1) is 8.51. The predicted octanol–water partition coefficient (Wildman–Crippen LogP) is 3.50. The highest BCUT2D eigenvalue weighted by Gasteiger charge is 2.13. The molecule has 1 atom stereocenters. The van der Waals surface area contributed by atoms with E-state index in [1.807, 2.05) is 7.05 Å². The number of aromatic nitrogens is 2. The molecule has 0 spiro atoms. The van der Waals surface area contributed by atoms with Crippen LogP contribution < -0.4 is 10.6 Å². The van der Waals surface area contributed by atoms with Crippen molar-refractivity contribution in [3.8, 4) is 0 Å². The summed E-state index contributed by atoms with van der Waals surface area (Å²) in [5.41, 5.74) is 0. The van der Waals surface area contributed by atoms with Crippen molar-refractivity contribution in [2.24, 2.45) is 5.92 Å². The van der Waals surface area contributed by atoms with E-state index in [0.717, 1.165) is 16.0 Å². The normalized spacial score (nSPS) is 13.0. The van der Waals surface area contributed by atoms with Crippen LogP contribution in [0.4, 0.5) is 11.8 Å². The smallest absolute Gasteiger partial charge is 0.225 e. The van der Waals surface area contributed by atoms with Gasteiger partial charge in [0, 0.05) is 18.0 Å². The van der Waals surface area contributed by atoms with E-state index in [2.05, 4.69) is 54.4 Å².